The number of hydrogen-bond donors (Lipinski definition) is 1. The van der Waals surface area contributed by atoms with Crippen molar-refractivity contribution in [2.75, 3.05) is 7.05 Å². The quantitative estimate of drug-likeness (QED) is 0.252. The van der Waals surface area contributed by atoms with Crippen LogP contribution in [0.4, 0.5) is 0 Å². The van der Waals surface area contributed by atoms with Gasteiger partial charge >= 0.3 is 0 Å². The van der Waals surface area contributed by atoms with Crippen molar-refractivity contribution < 1.29 is 9.59 Å². The summed E-state index contributed by atoms with van der Waals surface area (Å²) in [7, 11) is 5.54. The lowest BCUT2D eigenvalue weighted by Crippen LogP contribution is -2.14. The molecule has 4 rings (SSSR count). The molecule has 3 aromatic heterocycles. The van der Waals surface area contributed by atoms with Gasteiger partial charge in [-0.25, -0.2) is 4.98 Å². The van der Waals surface area contributed by atoms with Crippen molar-refractivity contribution in [3.63, 3.8) is 0 Å². The second-order valence-electron chi connectivity index (χ2n) is 7.56. The van der Waals surface area contributed by atoms with Crippen molar-refractivity contribution in [1.29, 1.82) is 0 Å². The zero-order valence-electron chi connectivity index (χ0n) is 18.0. The van der Waals surface area contributed by atoms with Crippen molar-refractivity contribution >= 4 is 40.1 Å². The number of hydrazone groups is 1. The molecule has 3 heterocycles. The molecule has 0 radical (unpaired) electrons. The van der Waals surface area contributed by atoms with Crippen LogP contribution in [0.5, 0.6) is 0 Å². The third-order valence-electron chi connectivity index (χ3n) is 5.09. The van der Waals surface area contributed by atoms with E-state index < -0.39 is 5.91 Å². The minimum absolute atomic E-state index is 0.457. The molecule has 0 aliphatic rings. The molecule has 9 nitrogen and oxygen atoms in total. The smallest absolute Gasteiger partial charge is 0.248 e. The molecular formula is C22H23N7O2S. The zero-order chi connectivity index (χ0) is 22.8. The minimum atomic E-state index is -0.465. The van der Waals surface area contributed by atoms with Crippen molar-refractivity contribution in [2.24, 2.45) is 24.9 Å². The molecule has 0 saturated heterocycles. The maximum absolute atomic E-state index is 11.8. The van der Waals surface area contributed by atoms with Gasteiger partial charge in [0.1, 0.15) is 5.01 Å². The molecule has 0 aliphatic heterocycles. The maximum atomic E-state index is 11.8. The maximum Gasteiger partial charge on any atom is 0.248 e. The Bertz CT molecular complexity index is 1330. The van der Waals surface area contributed by atoms with E-state index in [1.807, 2.05) is 39.6 Å². The van der Waals surface area contributed by atoms with Gasteiger partial charge in [-0.2, -0.15) is 10.2 Å². The third kappa shape index (κ3) is 4.30. The summed E-state index contributed by atoms with van der Waals surface area (Å²) >= 11 is 1.55. The Hall–Kier alpha value is -3.79. The van der Waals surface area contributed by atoms with Crippen LogP contribution in [0.25, 0.3) is 10.3 Å². The Labute approximate surface area is 188 Å². The number of rotatable bonds is 8. The van der Waals surface area contributed by atoms with E-state index in [0.717, 1.165) is 38.3 Å². The van der Waals surface area contributed by atoms with Gasteiger partial charge in [0.2, 0.25) is 5.91 Å². The predicted octanol–water partition coefficient (Wildman–Crippen LogP) is 2.34. The fourth-order valence-electron chi connectivity index (χ4n) is 3.53. The summed E-state index contributed by atoms with van der Waals surface area (Å²) in [6.45, 7) is 0.485. The third-order valence-corrected chi connectivity index (χ3v) is 6.16. The van der Waals surface area contributed by atoms with Gasteiger partial charge in [0.05, 0.1) is 29.4 Å². The summed E-state index contributed by atoms with van der Waals surface area (Å²) < 4.78 is 4.48. The van der Waals surface area contributed by atoms with Gasteiger partial charge in [-0.05, 0) is 23.3 Å². The average Bonchev–Trinajstić information content (AvgIpc) is 3.42. The summed E-state index contributed by atoms with van der Waals surface area (Å²) in [5.74, 6) is -0.465. The first-order chi connectivity index (χ1) is 15.4. The van der Waals surface area contributed by atoms with Crippen LogP contribution in [0, 0.1) is 0 Å². The molecule has 0 bridgehead atoms. The molecule has 1 aromatic carbocycles. The molecule has 0 spiro atoms. The number of carbonyl (C=O) groups excluding carboxylic acids is 2. The number of thiazole rings is 1. The highest BCUT2D eigenvalue weighted by Crippen LogP contribution is 2.30. The second kappa shape index (κ2) is 8.75. The van der Waals surface area contributed by atoms with Crippen LogP contribution in [-0.4, -0.2) is 49.8 Å². The Balaban J connectivity index is 1.59. The summed E-state index contributed by atoms with van der Waals surface area (Å²) in [6, 6.07) is 7.13. The number of aromatic nitrogens is 4. The average molecular weight is 450 g/mol. The number of amides is 1. The fraction of sp³-hybridized carbons (Fsp3) is 0.227. The number of nitrogens with two attached hydrogens (primary N) is 1. The number of benzene rings is 1. The van der Waals surface area contributed by atoms with Crippen molar-refractivity contribution in [1.82, 2.24) is 24.3 Å². The van der Waals surface area contributed by atoms with Gasteiger partial charge in [-0.1, -0.05) is 12.1 Å². The number of carbonyl (C=O) groups is 2. The first kappa shape index (κ1) is 21.4. The van der Waals surface area contributed by atoms with Crippen LogP contribution < -0.4 is 5.73 Å². The van der Waals surface area contributed by atoms with Crippen LogP contribution >= 0.6 is 11.3 Å². The molecule has 0 saturated carbocycles. The molecule has 4 aromatic rings. The lowest BCUT2D eigenvalue weighted by Gasteiger charge is -2.13. The topological polar surface area (TPSA) is 111 Å². The Morgan fingerprint density at radius 1 is 1.31 bits per heavy atom. The van der Waals surface area contributed by atoms with Crippen LogP contribution in [-0.2, 0) is 27.1 Å². The van der Waals surface area contributed by atoms with E-state index in [1.165, 1.54) is 0 Å². The fourth-order valence-corrected chi connectivity index (χ4v) is 4.68. The van der Waals surface area contributed by atoms with Crippen LogP contribution in [0.2, 0.25) is 0 Å². The molecule has 10 heteroatoms. The molecule has 0 fully saturated rings. The van der Waals surface area contributed by atoms with E-state index in [0.29, 0.717) is 24.2 Å². The molecule has 0 atom stereocenters. The summed E-state index contributed by atoms with van der Waals surface area (Å²) in [6.07, 6.45) is 6.99. The standard InChI is InChI=1S/C22H23N7O2S/c1-27(11-14-5-4-6-16(7-14)21(23)31)25-10-17-18(13-30)29(3)22-20(17)32-19(26-22)8-15-9-24-28(2)12-15/h4-7,9-10,12-13H,8,11H2,1-3H3,(H2,23,31)/b25-10-. The van der Waals surface area contributed by atoms with Gasteiger partial charge in [-0.3, -0.25) is 19.3 Å². The van der Waals surface area contributed by atoms with Crippen LogP contribution in [0.15, 0.2) is 41.8 Å². The molecule has 0 unspecified atom stereocenters. The highest BCUT2D eigenvalue weighted by molar-refractivity contribution is 7.19. The van der Waals surface area contributed by atoms with E-state index in [9.17, 15) is 9.59 Å². The van der Waals surface area contributed by atoms with Gasteiger partial charge in [0.15, 0.2) is 11.9 Å². The molecular weight excluding hydrogens is 426 g/mol. The molecule has 32 heavy (non-hydrogen) atoms. The summed E-state index contributed by atoms with van der Waals surface area (Å²) in [5.41, 5.74) is 9.83. The molecule has 1 amide bonds. The number of nitrogens with zero attached hydrogens (tertiary/aromatic N) is 6. The van der Waals surface area contributed by atoms with E-state index in [4.69, 9.17) is 10.7 Å². The highest BCUT2D eigenvalue weighted by atomic mass is 32.1. The van der Waals surface area contributed by atoms with Gasteiger partial charge in [0, 0.05) is 44.9 Å². The summed E-state index contributed by atoms with van der Waals surface area (Å²) in [5, 5.41) is 11.4. The van der Waals surface area contributed by atoms with Crippen molar-refractivity contribution in [2.45, 2.75) is 13.0 Å². The lowest BCUT2D eigenvalue weighted by atomic mass is 10.1. The van der Waals surface area contributed by atoms with Crippen LogP contribution in [0.3, 0.4) is 0 Å². The minimum Gasteiger partial charge on any atom is -0.366 e. The Morgan fingerprint density at radius 3 is 2.81 bits per heavy atom. The second-order valence-corrected chi connectivity index (χ2v) is 8.64. The van der Waals surface area contributed by atoms with Gasteiger partial charge in [0.25, 0.3) is 0 Å². The normalized spacial score (nSPS) is 11.5. The number of hydrogen-bond acceptors (Lipinski definition) is 7. The van der Waals surface area contributed by atoms with Gasteiger partial charge in [-0.15, -0.1) is 11.3 Å². The molecule has 164 valence electrons. The van der Waals surface area contributed by atoms with E-state index in [2.05, 4.69) is 10.2 Å². The van der Waals surface area contributed by atoms with E-state index in [-0.39, 0.29) is 0 Å². The van der Waals surface area contributed by atoms with E-state index in [1.54, 1.807) is 50.0 Å². The summed E-state index contributed by atoms with van der Waals surface area (Å²) in [4.78, 5) is 27.9. The lowest BCUT2D eigenvalue weighted by molar-refractivity contribution is 0.0999. The number of primary amides is 1. The number of aryl methyl sites for hydroxylation is 2. The van der Waals surface area contributed by atoms with Gasteiger partial charge < -0.3 is 10.3 Å². The Kier molecular flexibility index (Phi) is 5.87. The monoisotopic (exact) mass is 449 g/mol. The molecule has 2 N–H and O–H groups in total. The first-order valence-corrected chi connectivity index (χ1v) is 10.7. The number of fused-ring (bicyclic) bond motifs is 1. The van der Waals surface area contributed by atoms with Crippen molar-refractivity contribution in [3.8, 4) is 0 Å². The largest absolute Gasteiger partial charge is 0.366 e. The first-order valence-electron chi connectivity index (χ1n) is 9.90. The Morgan fingerprint density at radius 2 is 2.12 bits per heavy atom. The highest BCUT2D eigenvalue weighted by Gasteiger charge is 2.18. The van der Waals surface area contributed by atoms with E-state index >= 15 is 0 Å². The SMILES string of the molecule is CN(Cc1cccc(C(N)=O)c1)/N=C\c1c(C=O)n(C)c2nc(Cc3cnn(C)c3)sc12. The predicted molar refractivity (Wildman–Crippen MR) is 124 cm³/mol. The molecule has 0 aliphatic carbocycles. The number of aldehydes is 1. The van der Waals surface area contributed by atoms with Crippen LogP contribution in [0.1, 0.15) is 42.5 Å². The zero-order valence-corrected chi connectivity index (χ0v) is 18.8. The van der Waals surface area contributed by atoms with Crippen molar-refractivity contribution in [3.05, 3.63) is 69.6 Å².